The molecule has 0 spiro atoms. The van der Waals surface area contributed by atoms with Crippen LogP contribution in [0.15, 0.2) is 42.5 Å². The number of carbonyl (C=O) groups is 2. The van der Waals surface area contributed by atoms with Crippen molar-refractivity contribution < 1.29 is 19.1 Å². The zero-order valence-electron chi connectivity index (χ0n) is 21.8. The van der Waals surface area contributed by atoms with Crippen LogP contribution in [0.5, 0.6) is 11.5 Å². The number of carbonyl (C=O) groups excluding carboxylic acids is 2. The number of methoxy groups -OCH3 is 1. The second kappa shape index (κ2) is 9.19. The SMILES string of the molecule is CCCCN1CC(=O)N2CC(c3ccc(OC(C)C)c(OC)c3)c3c([nH]c4ccccc34)C2(C)C1=O. The smallest absolute Gasteiger partial charge is 0.254 e. The van der Waals surface area contributed by atoms with Crippen molar-refractivity contribution in [2.75, 3.05) is 26.7 Å². The van der Waals surface area contributed by atoms with Crippen molar-refractivity contribution in [3.05, 3.63) is 59.3 Å². The number of unbranched alkanes of at least 4 members (excludes halogenated alkanes) is 1. The second-order valence-electron chi connectivity index (χ2n) is 10.2. The number of nitrogens with zero attached hydrogens (tertiary/aromatic N) is 2. The lowest BCUT2D eigenvalue weighted by molar-refractivity contribution is -0.166. The minimum absolute atomic E-state index is 0.0138. The van der Waals surface area contributed by atoms with Crippen LogP contribution < -0.4 is 9.47 Å². The lowest BCUT2D eigenvalue weighted by Gasteiger charge is -2.51. The fourth-order valence-electron chi connectivity index (χ4n) is 5.76. The van der Waals surface area contributed by atoms with Crippen molar-refractivity contribution in [3.8, 4) is 11.5 Å². The van der Waals surface area contributed by atoms with Crippen molar-refractivity contribution in [1.82, 2.24) is 14.8 Å². The molecular weight excluding hydrogens is 454 g/mol. The number of H-pyrrole nitrogens is 1. The Morgan fingerprint density at radius 3 is 2.64 bits per heavy atom. The molecule has 3 aromatic rings. The van der Waals surface area contributed by atoms with E-state index in [0.29, 0.717) is 24.6 Å². The molecular formula is C29H35N3O4. The molecule has 0 bridgehead atoms. The zero-order valence-corrected chi connectivity index (χ0v) is 21.8. The topological polar surface area (TPSA) is 74.9 Å². The summed E-state index contributed by atoms with van der Waals surface area (Å²) < 4.78 is 11.6. The number of amides is 2. The summed E-state index contributed by atoms with van der Waals surface area (Å²) in [7, 11) is 1.64. The fourth-order valence-corrected chi connectivity index (χ4v) is 5.76. The molecule has 5 rings (SSSR count). The number of benzene rings is 2. The summed E-state index contributed by atoms with van der Waals surface area (Å²) in [6.45, 7) is 9.10. The number of ether oxygens (including phenoxy) is 2. The van der Waals surface area contributed by atoms with Crippen molar-refractivity contribution in [2.24, 2.45) is 0 Å². The van der Waals surface area contributed by atoms with Gasteiger partial charge in [0.1, 0.15) is 0 Å². The number of para-hydroxylation sites is 1. The van der Waals surface area contributed by atoms with Crippen LogP contribution in [-0.4, -0.2) is 59.4 Å². The van der Waals surface area contributed by atoms with Crippen LogP contribution in [0.25, 0.3) is 10.9 Å². The molecule has 0 saturated carbocycles. The van der Waals surface area contributed by atoms with E-state index in [1.54, 1.807) is 16.9 Å². The Balaban J connectivity index is 1.67. The van der Waals surface area contributed by atoms with Crippen molar-refractivity contribution >= 4 is 22.7 Å². The van der Waals surface area contributed by atoms with E-state index < -0.39 is 5.54 Å². The van der Waals surface area contributed by atoms with Gasteiger partial charge in [0.05, 0.1) is 25.5 Å². The van der Waals surface area contributed by atoms with Gasteiger partial charge in [-0.3, -0.25) is 9.59 Å². The number of fused-ring (bicyclic) bond motifs is 5. The Labute approximate surface area is 212 Å². The summed E-state index contributed by atoms with van der Waals surface area (Å²) >= 11 is 0. The fraction of sp³-hybridized carbons (Fsp3) is 0.448. The highest BCUT2D eigenvalue weighted by atomic mass is 16.5. The van der Waals surface area contributed by atoms with Gasteiger partial charge < -0.3 is 24.3 Å². The van der Waals surface area contributed by atoms with Gasteiger partial charge in [-0.1, -0.05) is 37.6 Å². The molecule has 7 heteroatoms. The van der Waals surface area contributed by atoms with Crippen LogP contribution in [0.1, 0.15) is 63.3 Å². The first-order valence-corrected chi connectivity index (χ1v) is 12.8. The van der Waals surface area contributed by atoms with E-state index in [4.69, 9.17) is 9.47 Å². The van der Waals surface area contributed by atoms with E-state index in [2.05, 4.69) is 18.0 Å². The van der Waals surface area contributed by atoms with Crippen LogP contribution in [0.4, 0.5) is 0 Å². The number of aromatic amines is 1. The maximum absolute atomic E-state index is 13.9. The first-order valence-electron chi connectivity index (χ1n) is 12.8. The standard InChI is InChI=1S/C29H35N3O4/c1-6-7-14-31-17-25(33)32-16-21(19-12-13-23(36-18(2)3)24(15-19)35-5)26-20-10-8-9-11-22(20)30-27(26)29(32,4)28(31)34/h8-13,15,18,21,30H,6-7,14,16-17H2,1-5H3. The van der Waals surface area contributed by atoms with Crippen LogP contribution in [0.3, 0.4) is 0 Å². The summed E-state index contributed by atoms with van der Waals surface area (Å²) in [5, 5.41) is 1.07. The molecule has 7 nitrogen and oxygen atoms in total. The van der Waals surface area contributed by atoms with Gasteiger partial charge in [0, 0.05) is 29.9 Å². The van der Waals surface area contributed by atoms with Gasteiger partial charge in [-0.2, -0.15) is 0 Å². The third-order valence-electron chi connectivity index (χ3n) is 7.55. The molecule has 2 aliphatic heterocycles. The third kappa shape index (κ3) is 3.72. The lowest BCUT2D eigenvalue weighted by Crippen LogP contribution is -2.67. The molecule has 0 radical (unpaired) electrons. The van der Waals surface area contributed by atoms with Crippen molar-refractivity contribution in [3.63, 3.8) is 0 Å². The maximum atomic E-state index is 13.9. The predicted octanol–water partition coefficient (Wildman–Crippen LogP) is 4.80. The Kier molecular flexibility index (Phi) is 6.18. The van der Waals surface area contributed by atoms with Crippen LogP contribution in [0.2, 0.25) is 0 Å². The predicted molar refractivity (Wildman–Crippen MR) is 139 cm³/mol. The molecule has 3 heterocycles. The summed E-state index contributed by atoms with van der Waals surface area (Å²) in [6.07, 6.45) is 1.87. The molecule has 0 aliphatic carbocycles. The molecule has 2 unspecified atom stereocenters. The Bertz CT molecular complexity index is 1310. The highest BCUT2D eigenvalue weighted by Gasteiger charge is 2.56. The number of piperazine rings is 1. The molecule has 1 N–H and O–H groups in total. The summed E-state index contributed by atoms with van der Waals surface area (Å²) in [5.74, 6) is 1.19. The van der Waals surface area contributed by atoms with Gasteiger partial charge in [0.25, 0.3) is 5.91 Å². The van der Waals surface area contributed by atoms with Gasteiger partial charge in [0.15, 0.2) is 17.0 Å². The average molecular weight is 490 g/mol. The number of aromatic nitrogens is 1. The van der Waals surface area contributed by atoms with E-state index in [1.165, 1.54) is 0 Å². The molecule has 2 amide bonds. The van der Waals surface area contributed by atoms with Gasteiger partial charge >= 0.3 is 0 Å². The highest BCUT2D eigenvalue weighted by molar-refractivity contribution is 6.01. The van der Waals surface area contributed by atoms with Crippen molar-refractivity contribution in [2.45, 2.75) is 58.1 Å². The molecule has 2 aliphatic rings. The Morgan fingerprint density at radius 2 is 1.92 bits per heavy atom. The third-order valence-corrected chi connectivity index (χ3v) is 7.55. The summed E-state index contributed by atoms with van der Waals surface area (Å²) in [4.78, 5) is 34.5. The normalized spacial score (nSPS) is 21.7. The van der Waals surface area contributed by atoms with Gasteiger partial charge in [-0.25, -0.2) is 0 Å². The molecule has 36 heavy (non-hydrogen) atoms. The second-order valence-corrected chi connectivity index (χ2v) is 10.2. The molecule has 1 aromatic heterocycles. The average Bonchev–Trinajstić information content (AvgIpc) is 3.26. The van der Waals surface area contributed by atoms with E-state index in [1.807, 2.05) is 57.2 Å². The van der Waals surface area contributed by atoms with E-state index >= 15 is 0 Å². The maximum Gasteiger partial charge on any atom is 0.254 e. The summed E-state index contributed by atoms with van der Waals surface area (Å²) in [5.41, 5.74) is 2.79. The van der Waals surface area contributed by atoms with E-state index in [-0.39, 0.29) is 30.4 Å². The monoisotopic (exact) mass is 489 g/mol. The summed E-state index contributed by atoms with van der Waals surface area (Å²) in [6, 6.07) is 14.1. The van der Waals surface area contributed by atoms with E-state index in [0.717, 1.165) is 40.6 Å². The quantitative estimate of drug-likeness (QED) is 0.518. The van der Waals surface area contributed by atoms with Crippen LogP contribution in [-0.2, 0) is 15.1 Å². The molecule has 2 aromatic carbocycles. The molecule has 190 valence electrons. The number of nitrogens with one attached hydrogen (secondary N) is 1. The minimum atomic E-state index is -1.07. The van der Waals surface area contributed by atoms with Gasteiger partial charge in [0.2, 0.25) is 5.91 Å². The van der Waals surface area contributed by atoms with E-state index in [9.17, 15) is 9.59 Å². The first kappa shape index (κ1) is 24.2. The van der Waals surface area contributed by atoms with Crippen LogP contribution in [0, 0.1) is 0 Å². The number of hydrogen-bond donors (Lipinski definition) is 1. The van der Waals surface area contributed by atoms with Gasteiger partial charge in [-0.15, -0.1) is 0 Å². The van der Waals surface area contributed by atoms with Crippen LogP contribution >= 0.6 is 0 Å². The van der Waals surface area contributed by atoms with Crippen molar-refractivity contribution in [1.29, 1.82) is 0 Å². The Hall–Kier alpha value is -3.48. The molecule has 2 atom stereocenters. The lowest BCUT2D eigenvalue weighted by atomic mass is 9.76. The molecule has 1 fully saturated rings. The number of hydrogen-bond acceptors (Lipinski definition) is 4. The first-order chi connectivity index (χ1) is 17.3. The highest BCUT2D eigenvalue weighted by Crippen LogP contribution is 2.49. The Morgan fingerprint density at radius 1 is 1.14 bits per heavy atom. The zero-order chi connectivity index (χ0) is 25.6. The minimum Gasteiger partial charge on any atom is -0.493 e. The molecule has 1 saturated heterocycles. The van der Waals surface area contributed by atoms with Gasteiger partial charge in [-0.05, 0) is 56.5 Å². The largest absolute Gasteiger partial charge is 0.493 e. The number of rotatable bonds is 7.